The summed E-state index contributed by atoms with van der Waals surface area (Å²) in [4.78, 5) is 14.5. The van der Waals surface area contributed by atoms with E-state index >= 15 is 0 Å². The first-order chi connectivity index (χ1) is 13.5. The summed E-state index contributed by atoms with van der Waals surface area (Å²) in [5.74, 6) is 0.645. The second kappa shape index (κ2) is 9.18. The first-order valence-corrected chi connectivity index (χ1v) is 10.7. The lowest BCUT2D eigenvalue weighted by Gasteiger charge is -2.31. The molecule has 0 radical (unpaired) electrons. The van der Waals surface area contributed by atoms with Crippen LogP contribution in [0.5, 0.6) is 5.75 Å². The van der Waals surface area contributed by atoms with Gasteiger partial charge in [0, 0.05) is 24.8 Å². The summed E-state index contributed by atoms with van der Waals surface area (Å²) in [6.07, 6.45) is 1.34. The largest absolute Gasteiger partial charge is 0.497 e. The summed E-state index contributed by atoms with van der Waals surface area (Å²) < 4.78 is 32.7. The van der Waals surface area contributed by atoms with E-state index in [1.165, 1.54) is 0 Å². The zero-order valence-corrected chi connectivity index (χ0v) is 16.6. The van der Waals surface area contributed by atoms with E-state index in [-0.39, 0.29) is 23.4 Å². The van der Waals surface area contributed by atoms with Crippen molar-refractivity contribution < 1.29 is 17.9 Å². The van der Waals surface area contributed by atoms with E-state index in [1.807, 2.05) is 4.90 Å². The maximum absolute atomic E-state index is 12.4. The summed E-state index contributed by atoms with van der Waals surface area (Å²) in [7, 11) is -1.91. The summed E-state index contributed by atoms with van der Waals surface area (Å²) in [6.45, 7) is 1.61. The lowest BCUT2D eigenvalue weighted by atomic mass is 10.1. The van der Waals surface area contributed by atoms with E-state index in [0.29, 0.717) is 25.9 Å². The third kappa shape index (κ3) is 5.54. The van der Waals surface area contributed by atoms with Gasteiger partial charge in [0.1, 0.15) is 5.75 Å². The van der Waals surface area contributed by atoms with Crippen molar-refractivity contribution in [2.45, 2.75) is 23.8 Å². The van der Waals surface area contributed by atoms with Gasteiger partial charge in [-0.15, -0.1) is 0 Å². The van der Waals surface area contributed by atoms with Crippen LogP contribution in [0.25, 0.3) is 0 Å². The number of carbonyl (C=O) groups is 1. The van der Waals surface area contributed by atoms with Gasteiger partial charge in [0.2, 0.25) is 15.9 Å². The molecule has 1 fully saturated rings. The molecular formula is C20H25N3O4S. The molecule has 0 spiro atoms. The highest BCUT2D eigenvalue weighted by Crippen LogP contribution is 2.17. The standard InChI is InChI=1S/C20H25N3O4S/c1-27-18-9-7-16(8-10-18)21-20(24)15-23-13-11-17(12-14-23)22-28(25,26)19-5-3-2-4-6-19/h2-10,17,22H,11-15H2,1H3,(H,21,24). The Kier molecular flexibility index (Phi) is 6.66. The van der Waals surface area contributed by atoms with Crippen LogP contribution in [0, 0.1) is 0 Å². The third-order valence-corrected chi connectivity index (χ3v) is 6.24. The van der Waals surface area contributed by atoms with Gasteiger partial charge in [0.05, 0.1) is 18.6 Å². The number of nitrogens with one attached hydrogen (secondary N) is 2. The van der Waals surface area contributed by atoms with Crippen molar-refractivity contribution in [1.82, 2.24) is 9.62 Å². The molecule has 7 nitrogen and oxygen atoms in total. The highest BCUT2D eigenvalue weighted by atomic mass is 32.2. The molecule has 0 bridgehead atoms. The number of ether oxygens (including phenoxy) is 1. The van der Waals surface area contributed by atoms with Crippen LogP contribution >= 0.6 is 0 Å². The predicted molar refractivity (Wildman–Crippen MR) is 108 cm³/mol. The van der Waals surface area contributed by atoms with Crippen molar-refractivity contribution in [3.05, 3.63) is 54.6 Å². The quantitative estimate of drug-likeness (QED) is 0.739. The van der Waals surface area contributed by atoms with Crippen molar-refractivity contribution in [2.75, 3.05) is 32.1 Å². The van der Waals surface area contributed by atoms with Crippen LogP contribution < -0.4 is 14.8 Å². The Labute approximate surface area is 165 Å². The fourth-order valence-electron chi connectivity index (χ4n) is 3.17. The molecule has 0 atom stereocenters. The second-order valence-electron chi connectivity index (χ2n) is 6.76. The summed E-state index contributed by atoms with van der Waals surface area (Å²) in [5, 5.41) is 2.86. The van der Waals surface area contributed by atoms with Crippen molar-refractivity contribution >= 4 is 21.6 Å². The summed E-state index contributed by atoms with van der Waals surface area (Å²) in [5.41, 5.74) is 0.719. The number of sulfonamides is 1. The SMILES string of the molecule is COc1ccc(NC(=O)CN2CCC(NS(=O)(=O)c3ccccc3)CC2)cc1. The molecule has 2 N–H and O–H groups in total. The Bertz CT molecular complexity index is 877. The Balaban J connectivity index is 1.45. The van der Waals surface area contributed by atoms with E-state index in [0.717, 1.165) is 11.4 Å². The van der Waals surface area contributed by atoms with Gasteiger partial charge in [-0.05, 0) is 49.2 Å². The molecule has 1 aliphatic rings. The molecule has 0 aromatic heterocycles. The van der Waals surface area contributed by atoms with E-state index in [2.05, 4.69) is 10.0 Å². The minimum absolute atomic E-state index is 0.0894. The molecule has 1 aliphatic heterocycles. The van der Waals surface area contributed by atoms with E-state index in [1.54, 1.807) is 61.7 Å². The molecule has 28 heavy (non-hydrogen) atoms. The molecular weight excluding hydrogens is 378 g/mol. The fraction of sp³-hybridized carbons (Fsp3) is 0.350. The van der Waals surface area contributed by atoms with Gasteiger partial charge in [-0.25, -0.2) is 13.1 Å². The van der Waals surface area contributed by atoms with E-state index < -0.39 is 10.0 Å². The number of likely N-dealkylation sites (tertiary alicyclic amines) is 1. The van der Waals surface area contributed by atoms with Crippen LogP contribution in [0.4, 0.5) is 5.69 Å². The number of nitrogens with zero attached hydrogens (tertiary/aromatic N) is 1. The Morgan fingerprint density at radius 3 is 2.32 bits per heavy atom. The molecule has 3 rings (SSSR count). The fourth-order valence-corrected chi connectivity index (χ4v) is 4.50. The van der Waals surface area contributed by atoms with Crippen LogP contribution in [0.15, 0.2) is 59.5 Å². The van der Waals surface area contributed by atoms with Gasteiger partial charge in [-0.3, -0.25) is 9.69 Å². The third-order valence-electron chi connectivity index (χ3n) is 4.70. The molecule has 1 amide bonds. The smallest absolute Gasteiger partial charge is 0.240 e. The first kappa shape index (κ1) is 20.3. The number of rotatable bonds is 7. The minimum Gasteiger partial charge on any atom is -0.497 e. The van der Waals surface area contributed by atoms with E-state index in [4.69, 9.17) is 4.74 Å². The zero-order valence-electron chi connectivity index (χ0n) is 15.8. The van der Waals surface area contributed by atoms with Crippen LogP contribution in [-0.4, -0.2) is 52.0 Å². The van der Waals surface area contributed by atoms with Crippen molar-refractivity contribution in [3.63, 3.8) is 0 Å². The van der Waals surface area contributed by atoms with Crippen molar-refractivity contribution in [1.29, 1.82) is 0 Å². The second-order valence-corrected chi connectivity index (χ2v) is 8.48. The number of benzene rings is 2. The monoisotopic (exact) mass is 403 g/mol. The predicted octanol–water partition coefficient (Wildman–Crippen LogP) is 2.08. The highest BCUT2D eigenvalue weighted by Gasteiger charge is 2.25. The van der Waals surface area contributed by atoms with Gasteiger partial charge in [0.25, 0.3) is 0 Å². The van der Waals surface area contributed by atoms with Gasteiger partial charge < -0.3 is 10.1 Å². The minimum atomic E-state index is -3.50. The van der Waals surface area contributed by atoms with Crippen molar-refractivity contribution in [2.24, 2.45) is 0 Å². The summed E-state index contributed by atoms with van der Waals surface area (Å²) in [6, 6.07) is 15.4. The number of amides is 1. The summed E-state index contributed by atoms with van der Waals surface area (Å²) >= 11 is 0. The Morgan fingerprint density at radius 1 is 1.07 bits per heavy atom. The number of piperidine rings is 1. The van der Waals surface area contributed by atoms with Crippen molar-refractivity contribution in [3.8, 4) is 5.75 Å². The normalized spacial score (nSPS) is 15.9. The topological polar surface area (TPSA) is 87.7 Å². The van der Waals surface area contributed by atoms with Gasteiger partial charge in [-0.2, -0.15) is 0 Å². The van der Waals surface area contributed by atoms with Crippen LogP contribution in [-0.2, 0) is 14.8 Å². The maximum Gasteiger partial charge on any atom is 0.240 e. The lowest BCUT2D eigenvalue weighted by Crippen LogP contribution is -2.46. The molecule has 0 unspecified atom stereocenters. The Hall–Kier alpha value is -2.42. The molecule has 1 saturated heterocycles. The number of carbonyl (C=O) groups excluding carboxylic acids is 1. The average molecular weight is 404 g/mol. The highest BCUT2D eigenvalue weighted by molar-refractivity contribution is 7.89. The van der Waals surface area contributed by atoms with Crippen LogP contribution in [0.3, 0.4) is 0 Å². The number of hydrogen-bond donors (Lipinski definition) is 2. The molecule has 0 saturated carbocycles. The zero-order chi connectivity index (χ0) is 20.0. The van der Waals surface area contributed by atoms with Gasteiger partial charge in [-0.1, -0.05) is 18.2 Å². The molecule has 150 valence electrons. The number of hydrogen-bond acceptors (Lipinski definition) is 5. The Morgan fingerprint density at radius 2 is 1.71 bits per heavy atom. The molecule has 8 heteroatoms. The maximum atomic E-state index is 12.4. The molecule has 0 aliphatic carbocycles. The number of methoxy groups -OCH3 is 1. The van der Waals surface area contributed by atoms with Crippen LogP contribution in [0.1, 0.15) is 12.8 Å². The van der Waals surface area contributed by atoms with E-state index in [9.17, 15) is 13.2 Å². The first-order valence-electron chi connectivity index (χ1n) is 9.20. The molecule has 1 heterocycles. The number of anilines is 1. The lowest BCUT2D eigenvalue weighted by molar-refractivity contribution is -0.117. The van der Waals surface area contributed by atoms with Crippen LogP contribution in [0.2, 0.25) is 0 Å². The van der Waals surface area contributed by atoms with Gasteiger partial charge in [0.15, 0.2) is 0 Å². The molecule has 2 aromatic carbocycles. The van der Waals surface area contributed by atoms with Gasteiger partial charge >= 0.3 is 0 Å². The molecule has 2 aromatic rings. The average Bonchev–Trinajstić information content (AvgIpc) is 2.70.